The van der Waals surface area contributed by atoms with Crippen LogP contribution in [-0.4, -0.2) is 23.0 Å². The first-order valence-corrected chi connectivity index (χ1v) is 14.8. The zero-order valence-electron chi connectivity index (χ0n) is 23.6. The number of carbonyl (C=O) groups is 3. The molecule has 0 fully saturated rings. The smallest absolute Gasteiger partial charge is 0.272 e. The van der Waals surface area contributed by atoms with Gasteiger partial charge < -0.3 is 16.0 Å². The van der Waals surface area contributed by atoms with Gasteiger partial charge in [0.1, 0.15) is 5.70 Å². The van der Waals surface area contributed by atoms with Gasteiger partial charge in [0.2, 0.25) is 5.91 Å². The van der Waals surface area contributed by atoms with Crippen molar-refractivity contribution in [2.24, 2.45) is 0 Å². The molecule has 0 aliphatic rings. The van der Waals surface area contributed by atoms with Gasteiger partial charge in [-0.25, -0.2) is 0 Å². The van der Waals surface area contributed by atoms with Gasteiger partial charge in [0.25, 0.3) is 11.8 Å². The number of amides is 3. The normalized spacial score (nSPS) is 12.0. The van der Waals surface area contributed by atoms with Gasteiger partial charge in [0.15, 0.2) is 0 Å². The summed E-state index contributed by atoms with van der Waals surface area (Å²) < 4.78 is 0. The Bertz CT molecular complexity index is 1590. The van der Waals surface area contributed by atoms with Crippen molar-refractivity contribution in [3.05, 3.63) is 131 Å². The fourth-order valence-corrected chi connectivity index (χ4v) is 5.10. The SMILES string of the molecule is CC(Sc1cccc(NC(=O)/C(=C\c2ccc(C(C)C)cc2)NC(=O)c2ccccc2)c1)C(=O)Nc1ccccc1Cl. The van der Waals surface area contributed by atoms with Crippen LogP contribution in [0, 0.1) is 0 Å². The van der Waals surface area contributed by atoms with Crippen molar-refractivity contribution in [2.45, 2.75) is 36.8 Å². The number of rotatable bonds is 10. The van der Waals surface area contributed by atoms with Gasteiger partial charge in [-0.1, -0.05) is 86.1 Å². The lowest BCUT2D eigenvalue weighted by Crippen LogP contribution is -2.30. The first-order chi connectivity index (χ1) is 20.2. The Morgan fingerprint density at radius 2 is 1.48 bits per heavy atom. The Hall–Kier alpha value is -4.33. The largest absolute Gasteiger partial charge is 0.324 e. The number of carbonyl (C=O) groups excluding carboxylic acids is 3. The van der Waals surface area contributed by atoms with E-state index in [1.165, 1.54) is 17.3 Å². The number of thioether (sulfide) groups is 1. The monoisotopic (exact) mass is 597 g/mol. The van der Waals surface area contributed by atoms with E-state index in [1.54, 1.807) is 79.7 Å². The molecular weight excluding hydrogens is 566 g/mol. The summed E-state index contributed by atoms with van der Waals surface area (Å²) in [5.41, 5.74) is 3.57. The van der Waals surface area contributed by atoms with E-state index >= 15 is 0 Å². The summed E-state index contributed by atoms with van der Waals surface area (Å²) in [7, 11) is 0. The van der Waals surface area contributed by atoms with Gasteiger partial charge in [0, 0.05) is 16.1 Å². The molecule has 0 spiro atoms. The highest BCUT2D eigenvalue weighted by molar-refractivity contribution is 8.00. The van der Waals surface area contributed by atoms with Crippen molar-refractivity contribution < 1.29 is 14.4 Å². The molecule has 3 amide bonds. The van der Waals surface area contributed by atoms with Gasteiger partial charge in [-0.15, -0.1) is 11.8 Å². The molecule has 0 aliphatic carbocycles. The number of anilines is 2. The van der Waals surface area contributed by atoms with Gasteiger partial charge in [-0.2, -0.15) is 0 Å². The van der Waals surface area contributed by atoms with E-state index in [4.69, 9.17) is 11.6 Å². The standard InChI is InChI=1S/C34H32ClN3O3S/c1-22(2)25-18-16-24(17-19-25)20-31(38-33(40)26-10-5-4-6-11-26)34(41)36-27-12-9-13-28(21-27)42-23(3)32(39)37-30-15-8-7-14-29(30)35/h4-23H,1-3H3,(H,36,41)(H,37,39)(H,38,40)/b31-20+. The van der Waals surface area contributed by atoms with Crippen molar-refractivity contribution in [2.75, 3.05) is 10.6 Å². The number of para-hydroxylation sites is 1. The second kappa shape index (κ2) is 14.5. The average molecular weight is 598 g/mol. The van der Waals surface area contributed by atoms with Crippen LogP contribution in [0.5, 0.6) is 0 Å². The molecule has 3 N–H and O–H groups in total. The second-order valence-electron chi connectivity index (χ2n) is 9.91. The first-order valence-electron chi connectivity index (χ1n) is 13.5. The fourth-order valence-electron chi connectivity index (χ4n) is 3.99. The van der Waals surface area contributed by atoms with Gasteiger partial charge in [0.05, 0.1) is 16.0 Å². The minimum absolute atomic E-state index is 0.103. The molecule has 0 aromatic heterocycles. The van der Waals surface area contributed by atoms with Crippen LogP contribution in [0.1, 0.15) is 48.2 Å². The first kappa shape index (κ1) is 30.6. The lowest BCUT2D eigenvalue weighted by Gasteiger charge is -2.14. The third-order valence-corrected chi connectivity index (χ3v) is 7.77. The second-order valence-corrected chi connectivity index (χ2v) is 11.7. The third kappa shape index (κ3) is 8.59. The zero-order chi connectivity index (χ0) is 30.1. The summed E-state index contributed by atoms with van der Waals surface area (Å²) >= 11 is 7.52. The van der Waals surface area contributed by atoms with Crippen LogP contribution in [0.4, 0.5) is 11.4 Å². The van der Waals surface area contributed by atoms with Crippen molar-refractivity contribution in [3.8, 4) is 0 Å². The summed E-state index contributed by atoms with van der Waals surface area (Å²) in [5.74, 6) is -0.684. The molecule has 4 aromatic rings. The van der Waals surface area contributed by atoms with Crippen molar-refractivity contribution >= 4 is 58.5 Å². The highest BCUT2D eigenvalue weighted by Crippen LogP contribution is 2.28. The van der Waals surface area contributed by atoms with Crippen LogP contribution in [-0.2, 0) is 9.59 Å². The summed E-state index contributed by atoms with van der Waals surface area (Å²) in [5, 5.41) is 8.54. The summed E-state index contributed by atoms with van der Waals surface area (Å²) in [6, 6.07) is 30.9. The Kier molecular flexibility index (Phi) is 10.6. The van der Waals surface area contributed by atoms with E-state index in [1.807, 2.05) is 36.4 Å². The van der Waals surface area contributed by atoms with Gasteiger partial charge in [-0.3, -0.25) is 14.4 Å². The zero-order valence-corrected chi connectivity index (χ0v) is 25.1. The molecule has 42 heavy (non-hydrogen) atoms. The molecule has 4 rings (SSSR count). The van der Waals surface area contributed by atoms with Gasteiger partial charge >= 0.3 is 0 Å². The number of halogens is 1. The molecule has 0 saturated heterocycles. The van der Waals surface area contributed by atoms with Crippen LogP contribution in [0.3, 0.4) is 0 Å². The molecule has 1 atom stereocenters. The fraction of sp³-hybridized carbons (Fsp3) is 0.147. The van der Waals surface area contributed by atoms with E-state index < -0.39 is 17.1 Å². The Morgan fingerprint density at radius 1 is 0.786 bits per heavy atom. The minimum atomic E-state index is -0.473. The molecule has 0 bridgehead atoms. The Labute approximate surface area is 255 Å². The number of hydrogen-bond donors (Lipinski definition) is 3. The molecule has 0 radical (unpaired) electrons. The predicted molar refractivity (Wildman–Crippen MR) is 173 cm³/mol. The maximum atomic E-state index is 13.5. The maximum Gasteiger partial charge on any atom is 0.272 e. The minimum Gasteiger partial charge on any atom is -0.324 e. The summed E-state index contributed by atoms with van der Waals surface area (Å²) in [4.78, 5) is 40.0. The number of benzene rings is 4. The van der Waals surface area contributed by atoms with Crippen molar-refractivity contribution in [1.82, 2.24) is 5.32 Å². The lowest BCUT2D eigenvalue weighted by atomic mass is 10.0. The van der Waals surface area contributed by atoms with Crippen LogP contribution >= 0.6 is 23.4 Å². The summed E-state index contributed by atoms with van der Waals surface area (Å²) in [6.45, 7) is 6.02. The Morgan fingerprint density at radius 3 is 2.17 bits per heavy atom. The van der Waals surface area contributed by atoms with Crippen LogP contribution in [0.2, 0.25) is 5.02 Å². The number of nitrogens with one attached hydrogen (secondary N) is 3. The quantitative estimate of drug-likeness (QED) is 0.128. The van der Waals surface area contributed by atoms with Gasteiger partial charge in [-0.05, 0) is 72.5 Å². The molecule has 214 valence electrons. The van der Waals surface area contributed by atoms with E-state index in [0.717, 1.165) is 10.5 Å². The molecule has 6 nitrogen and oxygen atoms in total. The Balaban J connectivity index is 1.50. The van der Waals surface area contributed by atoms with E-state index in [9.17, 15) is 14.4 Å². The number of hydrogen-bond acceptors (Lipinski definition) is 4. The molecule has 0 saturated carbocycles. The average Bonchev–Trinajstić information content (AvgIpc) is 2.98. The molecular formula is C34H32ClN3O3S. The highest BCUT2D eigenvalue weighted by atomic mass is 35.5. The molecule has 1 unspecified atom stereocenters. The van der Waals surface area contributed by atoms with Crippen LogP contribution in [0.15, 0.2) is 114 Å². The summed E-state index contributed by atoms with van der Waals surface area (Å²) in [6.07, 6.45) is 1.65. The highest BCUT2D eigenvalue weighted by Gasteiger charge is 2.18. The molecule has 0 aliphatic heterocycles. The topological polar surface area (TPSA) is 87.3 Å². The van der Waals surface area contributed by atoms with Crippen LogP contribution in [0.25, 0.3) is 6.08 Å². The predicted octanol–water partition coefficient (Wildman–Crippen LogP) is 7.99. The molecule has 0 heterocycles. The lowest BCUT2D eigenvalue weighted by molar-refractivity contribution is -0.115. The molecule has 4 aromatic carbocycles. The van der Waals surface area contributed by atoms with Crippen molar-refractivity contribution in [1.29, 1.82) is 0 Å². The third-order valence-electron chi connectivity index (χ3n) is 6.35. The van der Waals surface area contributed by atoms with E-state index in [0.29, 0.717) is 27.9 Å². The van der Waals surface area contributed by atoms with E-state index in [2.05, 4.69) is 29.8 Å². The van der Waals surface area contributed by atoms with Crippen LogP contribution < -0.4 is 16.0 Å². The maximum absolute atomic E-state index is 13.5. The van der Waals surface area contributed by atoms with E-state index in [-0.39, 0.29) is 11.6 Å². The van der Waals surface area contributed by atoms with Crippen molar-refractivity contribution in [3.63, 3.8) is 0 Å². The molecule has 8 heteroatoms.